The third-order valence-electron chi connectivity index (χ3n) is 2.82. The van der Waals surface area contributed by atoms with E-state index in [1.807, 2.05) is 23.0 Å². The molecule has 0 radical (unpaired) electrons. The van der Waals surface area contributed by atoms with Crippen LogP contribution in [0.3, 0.4) is 0 Å². The molecule has 0 aliphatic heterocycles. The Morgan fingerprint density at radius 1 is 1.62 bits per heavy atom. The molecule has 0 spiro atoms. The van der Waals surface area contributed by atoms with E-state index < -0.39 is 0 Å². The summed E-state index contributed by atoms with van der Waals surface area (Å²) in [5.74, 6) is 0.0702. The number of aromatic nitrogens is 2. The lowest BCUT2D eigenvalue weighted by atomic mass is 9.99. The van der Waals surface area contributed by atoms with Gasteiger partial charge in [-0.25, -0.2) is 0 Å². The third-order valence-corrected chi connectivity index (χ3v) is 2.82. The molecule has 1 aliphatic rings. The van der Waals surface area contributed by atoms with E-state index >= 15 is 0 Å². The molecule has 0 amide bonds. The van der Waals surface area contributed by atoms with Gasteiger partial charge in [0.1, 0.15) is 0 Å². The fraction of sp³-hybridized carbons (Fsp3) is 0.500. The van der Waals surface area contributed by atoms with E-state index in [1.165, 1.54) is 0 Å². The van der Waals surface area contributed by atoms with Crippen molar-refractivity contribution in [1.82, 2.24) is 9.78 Å². The number of hydrogen-bond acceptors (Lipinski definition) is 3. The minimum Gasteiger partial charge on any atom is -0.324 e. The summed E-state index contributed by atoms with van der Waals surface area (Å²) in [6.07, 6.45) is 9.02. The van der Waals surface area contributed by atoms with Gasteiger partial charge < -0.3 is 5.73 Å². The minimum atomic E-state index is -0.0609. The number of Topliss-reactive ketones (excluding diaryl/α,β-unsaturated/α-hetero) is 1. The number of nitrogens with zero attached hydrogens (tertiary/aromatic N) is 2. The smallest absolute Gasteiger partial charge is 0.172 e. The summed E-state index contributed by atoms with van der Waals surface area (Å²) >= 11 is 0. The fourth-order valence-corrected chi connectivity index (χ4v) is 1.98. The molecule has 86 valence electrons. The third kappa shape index (κ3) is 2.22. The average molecular weight is 219 g/mol. The van der Waals surface area contributed by atoms with Gasteiger partial charge in [-0.1, -0.05) is 19.1 Å². The maximum Gasteiger partial charge on any atom is 0.172 e. The molecule has 4 nitrogen and oxygen atoms in total. The summed E-state index contributed by atoms with van der Waals surface area (Å²) in [7, 11) is 0. The normalized spacial score (nSPS) is 23.9. The largest absolute Gasteiger partial charge is 0.324 e. The van der Waals surface area contributed by atoms with Crippen LogP contribution in [0, 0.1) is 5.92 Å². The maximum absolute atomic E-state index is 12.0. The van der Waals surface area contributed by atoms with Gasteiger partial charge >= 0.3 is 0 Å². The molecule has 0 saturated heterocycles. The quantitative estimate of drug-likeness (QED) is 0.614. The molecule has 1 aromatic heterocycles. The van der Waals surface area contributed by atoms with Gasteiger partial charge in [-0.3, -0.25) is 9.48 Å². The summed E-state index contributed by atoms with van der Waals surface area (Å²) in [5.41, 5.74) is 6.43. The van der Waals surface area contributed by atoms with Crippen molar-refractivity contribution in [3.05, 3.63) is 30.1 Å². The second-order valence-electron chi connectivity index (χ2n) is 4.25. The van der Waals surface area contributed by atoms with E-state index in [0.29, 0.717) is 5.56 Å². The van der Waals surface area contributed by atoms with Crippen LogP contribution in [0.1, 0.15) is 30.1 Å². The highest BCUT2D eigenvalue weighted by atomic mass is 16.1. The molecule has 1 heterocycles. The van der Waals surface area contributed by atoms with Crippen molar-refractivity contribution in [3.8, 4) is 0 Å². The van der Waals surface area contributed by atoms with Crippen molar-refractivity contribution in [1.29, 1.82) is 0 Å². The number of aryl methyl sites for hydroxylation is 1. The lowest BCUT2D eigenvalue weighted by molar-refractivity contribution is 0.0943. The van der Waals surface area contributed by atoms with Gasteiger partial charge in [0, 0.05) is 24.7 Å². The molecule has 2 rings (SSSR count). The van der Waals surface area contributed by atoms with Crippen LogP contribution in [-0.2, 0) is 6.54 Å². The van der Waals surface area contributed by atoms with Crippen molar-refractivity contribution in [2.75, 3.05) is 0 Å². The standard InChI is InChI=1S/C12H17N3O/c1-2-5-15-8-10(7-14-15)12(16)9-3-4-11(13)6-9/h3-4,7-9,11H,2,5-6,13H2,1H3. The van der Waals surface area contributed by atoms with Crippen molar-refractivity contribution < 1.29 is 4.79 Å². The molecule has 0 saturated carbocycles. The van der Waals surface area contributed by atoms with Crippen LogP contribution in [0.5, 0.6) is 0 Å². The molecular weight excluding hydrogens is 202 g/mol. The highest BCUT2D eigenvalue weighted by molar-refractivity contribution is 5.98. The Bertz CT molecular complexity index is 408. The van der Waals surface area contributed by atoms with Crippen molar-refractivity contribution in [3.63, 3.8) is 0 Å². The van der Waals surface area contributed by atoms with Crippen LogP contribution in [0.25, 0.3) is 0 Å². The van der Waals surface area contributed by atoms with E-state index in [0.717, 1.165) is 19.4 Å². The summed E-state index contributed by atoms with van der Waals surface area (Å²) in [6, 6.07) is 0.0274. The van der Waals surface area contributed by atoms with Crippen LogP contribution < -0.4 is 5.73 Å². The first kappa shape index (κ1) is 11.1. The first-order valence-corrected chi connectivity index (χ1v) is 5.71. The second-order valence-corrected chi connectivity index (χ2v) is 4.25. The van der Waals surface area contributed by atoms with Crippen LogP contribution in [0.15, 0.2) is 24.5 Å². The van der Waals surface area contributed by atoms with E-state index in [9.17, 15) is 4.79 Å². The van der Waals surface area contributed by atoms with Crippen LogP contribution in [0.2, 0.25) is 0 Å². The summed E-state index contributed by atoms with van der Waals surface area (Å²) in [5, 5.41) is 4.16. The first-order valence-electron chi connectivity index (χ1n) is 5.71. The van der Waals surface area contributed by atoms with Gasteiger partial charge in [-0.05, 0) is 12.8 Å². The Morgan fingerprint density at radius 2 is 2.44 bits per heavy atom. The second kappa shape index (κ2) is 4.61. The predicted octanol–water partition coefficient (Wildman–Crippen LogP) is 1.38. The minimum absolute atomic E-state index is 0.0274. The molecule has 1 aromatic rings. The molecule has 1 aliphatic carbocycles. The summed E-state index contributed by atoms with van der Waals surface area (Å²) in [4.78, 5) is 12.0. The number of rotatable bonds is 4. The molecule has 2 N–H and O–H groups in total. The van der Waals surface area contributed by atoms with Crippen molar-refractivity contribution in [2.24, 2.45) is 11.7 Å². The monoisotopic (exact) mass is 219 g/mol. The average Bonchev–Trinajstić information content (AvgIpc) is 2.87. The Morgan fingerprint density at radius 3 is 3.06 bits per heavy atom. The lowest BCUT2D eigenvalue weighted by Crippen LogP contribution is -2.18. The lowest BCUT2D eigenvalue weighted by Gasteiger charge is -2.05. The first-order chi connectivity index (χ1) is 7.70. The number of ketones is 1. The molecule has 2 atom stereocenters. The van der Waals surface area contributed by atoms with E-state index in [4.69, 9.17) is 5.73 Å². The molecule has 4 heteroatoms. The Balaban J connectivity index is 2.06. The van der Waals surface area contributed by atoms with Gasteiger partial charge in [0.05, 0.1) is 11.8 Å². The maximum atomic E-state index is 12.0. The van der Waals surface area contributed by atoms with Gasteiger partial charge in [0.2, 0.25) is 0 Å². The molecule has 0 bridgehead atoms. The summed E-state index contributed by atoms with van der Waals surface area (Å²) in [6.45, 7) is 2.94. The molecule has 0 fully saturated rings. The van der Waals surface area contributed by atoms with Gasteiger partial charge in [0.25, 0.3) is 0 Å². The summed E-state index contributed by atoms with van der Waals surface area (Å²) < 4.78 is 1.81. The molecule has 2 unspecified atom stereocenters. The Hall–Kier alpha value is -1.42. The zero-order valence-electron chi connectivity index (χ0n) is 9.47. The van der Waals surface area contributed by atoms with Crippen molar-refractivity contribution >= 4 is 5.78 Å². The molecule has 16 heavy (non-hydrogen) atoms. The SMILES string of the molecule is CCCn1cc(C(=O)C2C=CC(N)C2)cn1. The zero-order valence-corrected chi connectivity index (χ0v) is 9.47. The Kier molecular flexibility index (Phi) is 3.19. The van der Waals surface area contributed by atoms with Crippen LogP contribution in [0.4, 0.5) is 0 Å². The van der Waals surface area contributed by atoms with Crippen LogP contribution >= 0.6 is 0 Å². The zero-order chi connectivity index (χ0) is 11.5. The number of nitrogens with two attached hydrogens (primary N) is 1. The van der Waals surface area contributed by atoms with Gasteiger partial charge in [-0.15, -0.1) is 0 Å². The molecular formula is C12H17N3O. The number of carbonyl (C=O) groups excluding carboxylic acids is 1. The predicted molar refractivity (Wildman–Crippen MR) is 62.1 cm³/mol. The van der Waals surface area contributed by atoms with Gasteiger partial charge in [0.15, 0.2) is 5.78 Å². The van der Waals surface area contributed by atoms with Crippen LogP contribution in [-0.4, -0.2) is 21.6 Å². The fourth-order valence-electron chi connectivity index (χ4n) is 1.98. The highest BCUT2D eigenvalue weighted by Crippen LogP contribution is 2.21. The van der Waals surface area contributed by atoms with Crippen molar-refractivity contribution in [2.45, 2.75) is 32.4 Å². The highest BCUT2D eigenvalue weighted by Gasteiger charge is 2.24. The Labute approximate surface area is 95.1 Å². The van der Waals surface area contributed by atoms with E-state index in [2.05, 4.69) is 12.0 Å². The molecule has 0 aromatic carbocycles. The number of allylic oxidation sites excluding steroid dienone is 1. The topological polar surface area (TPSA) is 60.9 Å². The van der Waals surface area contributed by atoms with Gasteiger partial charge in [-0.2, -0.15) is 5.10 Å². The van der Waals surface area contributed by atoms with E-state index in [1.54, 1.807) is 6.20 Å². The number of hydrogen-bond donors (Lipinski definition) is 1. The van der Waals surface area contributed by atoms with E-state index in [-0.39, 0.29) is 17.7 Å². The number of carbonyl (C=O) groups is 1.